The van der Waals surface area contributed by atoms with Gasteiger partial charge in [-0.05, 0) is 19.3 Å². The number of ether oxygens (including phenoxy) is 1. The standard InChI is InChI=1S/C11H16N4O2/c1-17-10-6-9(13-7-14-10)15-8-4-2-3-5-12-11(8)16/h6-8H,2-5H2,1H3,(H,12,16)(H,13,14,15)/t8-/m0/s1. The number of hydrogen-bond acceptors (Lipinski definition) is 5. The van der Waals surface area contributed by atoms with E-state index < -0.39 is 0 Å². The predicted molar refractivity (Wildman–Crippen MR) is 62.9 cm³/mol. The number of aromatic nitrogens is 2. The van der Waals surface area contributed by atoms with Crippen LogP contribution in [-0.2, 0) is 4.79 Å². The highest BCUT2D eigenvalue weighted by Gasteiger charge is 2.20. The van der Waals surface area contributed by atoms with Crippen LogP contribution < -0.4 is 15.4 Å². The Morgan fingerprint density at radius 1 is 1.47 bits per heavy atom. The van der Waals surface area contributed by atoms with Crippen LogP contribution in [0.4, 0.5) is 5.82 Å². The van der Waals surface area contributed by atoms with Gasteiger partial charge >= 0.3 is 0 Å². The van der Waals surface area contributed by atoms with Crippen molar-refractivity contribution in [2.75, 3.05) is 19.0 Å². The summed E-state index contributed by atoms with van der Waals surface area (Å²) in [5.41, 5.74) is 0. The van der Waals surface area contributed by atoms with Crippen molar-refractivity contribution in [1.29, 1.82) is 0 Å². The molecule has 1 aliphatic rings. The molecule has 2 N–H and O–H groups in total. The molecule has 6 heteroatoms. The molecule has 0 aliphatic carbocycles. The molecule has 1 aliphatic heterocycles. The molecular weight excluding hydrogens is 220 g/mol. The summed E-state index contributed by atoms with van der Waals surface area (Å²) in [5.74, 6) is 1.12. The molecule has 1 aromatic heterocycles. The molecule has 0 bridgehead atoms. The molecular formula is C11H16N4O2. The first-order chi connectivity index (χ1) is 8.29. The number of nitrogens with zero attached hydrogens (tertiary/aromatic N) is 2. The molecule has 6 nitrogen and oxygen atoms in total. The summed E-state index contributed by atoms with van der Waals surface area (Å²) in [7, 11) is 1.55. The highest BCUT2D eigenvalue weighted by Crippen LogP contribution is 2.14. The summed E-state index contributed by atoms with van der Waals surface area (Å²) < 4.78 is 5.00. The average Bonchev–Trinajstić information content (AvgIpc) is 2.55. The fourth-order valence-electron chi connectivity index (χ4n) is 1.79. The number of amides is 1. The third kappa shape index (κ3) is 3.05. The van der Waals surface area contributed by atoms with E-state index >= 15 is 0 Å². The van der Waals surface area contributed by atoms with Gasteiger partial charge in [-0.1, -0.05) is 0 Å². The summed E-state index contributed by atoms with van der Waals surface area (Å²) in [4.78, 5) is 19.7. The van der Waals surface area contributed by atoms with Crippen molar-refractivity contribution in [3.63, 3.8) is 0 Å². The van der Waals surface area contributed by atoms with E-state index in [0.29, 0.717) is 11.7 Å². The molecule has 92 valence electrons. The fraction of sp³-hybridized carbons (Fsp3) is 0.545. The minimum atomic E-state index is -0.225. The average molecular weight is 236 g/mol. The van der Waals surface area contributed by atoms with Crippen LogP contribution in [0, 0.1) is 0 Å². The Morgan fingerprint density at radius 2 is 2.35 bits per heavy atom. The SMILES string of the molecule is COc1cc(N[C@H]2CCCCNC2=O)ncn1. The number of hydrogen-bond donors (Lipinski definition) is 2. The van der Waals surface area contributed by atoms with Gasteiger partial charge in [0.2, 0.25) is 11.8 Å². The van der Waals surface area contributed by atoms with Crippen LogP contribution in [0.1, 0.15) is 19.3 Å². The van der Waals surface area contributed by atoms with E-state index in [2.05, 4.69) is 20.6 Å². The topological polar surface area (TPSA) is 76.1 Å². The van der Waals surface area contributed by atoms with E-state index in [1.165, 1.54) is 6.33 Å². The molecule has 0 radical (unpaired) electrons. The second-order valence-electron chi connectivity index (χ2n) is 3.93. The van der Waals surface area contributed by atoms with Crippen LogP contribution in [0.3, 0.4) is 0 Å². The first kappa shape index (κ1) is 11.6. The van der Waals surface area contributed by atoms with Crippen molar-refractivity contribution in [1.82, 2.24) is 15.3 Å². The van der Waals surface area contributed by atoms with Crippen molar-refractivity contribution in [3.05, 3.63) is 12.4 Å². The van der Waals surface area contributed by atoms with Crippen molar-refractivity contribution >= 4 is 11.7 Å². The molecule has 0 unspecified atom stereocenters. The maximum Gasteiger partial charge on any atom is 0.242 e. The zero-order valence-electron chi connectivity index (χ0n) is 9.77. The molecule has 0 spiro atoms. The molecule has 0 aromatic carbocycles. The van der Waals surface area contributed by atoms with Gasteiger partial charge in [0.1, 0.15) is 18.2 Å². The molecule has 1 amide bonds. The molecule has 1 fully saturated rings. The minimum Gasteiger partial charge on any atom is -0.481 e. The van der Waals surface area contributed by atoms with Crippen molar-refractivity contribution in [2.45, 2.75) is 25.3 Å². The lowest BCUT2D eigenvalue weighted by Crippen LogP contribution is -2.38. The Labute approximate surface area is 99.8 Å². The van der Waals surface area contributed by atoms with Gasteiger partial charge in [0.15, 0.2) is 0 Å². The van der Waals surface area contributed by atoms with Gasteiger partial charge in [0.25, 0.3) is 0 Å². The van der Waals surface area contributed by atoms with E-state index in [1.54, 1.807) is 13.2 Å². The molecule has 2 rings (SSSR count). The second-order valence-corrected chi connectivity index (χ2v) is 3.93. The van der Waals surface area contributed by atoms with Gasteiger partial charge in [-0.2, -0.15) is 0 Å². The first-order valence-electron chi connectivity index (χ1n) is 5.70. The van der Waals surface area contributed by atoms with Gasteiger partial charge < -0.3 is 15.4 Å². The third-order valence-electron chi connectivity index (χ3n) is 2.71. The number of rotatable bonds is 3. The highest BCUT2D eigenvalue weighted by molar-refractivity contribution is 5.84. The van der Waals surface area contributed by atoms with Crippen LogP contribution in [-0.4, -0.2) is 35.6 Å². The number of methoxy groups -OCH3 is 1. The predicted octanol–water partition coefficient (Wildman–Crippen LogP) is 0.566. The van der Waals surface area contributed by atoms with Gasteiger partial charge in [0.05, 0.1) is 7.11 Å². The van der Waals surface area contributed by atoms with Crippen LogP contribution in [0.5, 0.6) is 5.88 Å². The summed E-state index contributed by atoms with van der Waals surface area (Å²) >= 11 is 0. The summed E-state index contributed by atoms with van der Waals surface area (Å²) in [6.07, 6.45) is 4.28. The zero-order valence-corrected chi connectivity index (χ0v) is 9.77. The molecule has 2 heterocycles. The monoisotopic (exact) mass is 236 g/mol. The van der Waals surface area contributed by atoms with Crippen molar-refractivity contribution in [2.24, 2.45) is 0 Å². The smallest absolute Gasteiger partial charge is 0.242 e. The van der Waals surface area contributed by atoms with Crippen LogP contribution in [0.2, 0.25) is 0 Å². The Hall–Kier alpha value is -1.85. The third-order valence-corrected chi connectivity index (χ3v) is 2.71. The molecule has 0 saturated carbocycles. The molecule has 17 heavy (non-hydrogen) atoms. The van der Waals surface area contributed by atoms with Crippen LogP contribution in [0.25, 0.3) is 0 Å². The summed E-state index contributed by atoms with van der Waals surface area (Å²) in [6.45, 7) is 0.754. The lowest BCUT2D eigenvalue weighted by Gasteiger charge is -2.15. The Balaban J connectivity index is 2.05. The van der Waals surface area contributed by atoms with Crippen LogP contribution in [0.15, 0.2) is 12.4 Å². The summed E-state index contributed by atoms with van der Waals surface area (Å²) in [6, 6.07) is 1.45. The van der Waals surface area contributed by atoms with Gasteiger partial charge in [-0.3, -0.25) is 4.79 Å². The second kappa shape index (κ2) is 5.47. The van der Waals surface area contributed by atoms with E-state index in [9.17, 15) is 4.79 Å². The Bertz CT molecular complexity index is 397. The maximum absolute atomic E-state index is 11.7. The number of nitrogens with one attached hydrogen (secondary N) is 2. The quantitative estimate of drug-likeness (QED) is 0.802. The lowest BCUT2D eigenvalue weighted by atomic mass is 10.1. The lowest BCUT2D eigenvalue weighted by molar-refractivity contribution is -0.121. The van der Waals surface area contributed by atoms with Crippen molar-refractivity contribution in [3.8, 4) is 5.88 Å². The molecule has 1 saturated heterocycles. The number of anilines is 1. The maximum atomic E-state index is 11.7. The van der Waals surface area contributed by atoms with Gasteiger partial charge in [-0.25, -0.2) is 9.97 Å². The van der Waals surface area contributed by atoms with Gasteiger partial charge in [0, 0.05) is 12.6 Å². The number of carbonyl (C=O) groups excluding carboxylic acids is 1. The van der Waals surface area contributed by atoms with Crippen LogP contribution >= 0.6 is 0 Å². The van der Waals surface area contributed by atoms with E-state index in [0.717, 1.165) is 25.8 Å². The number of carbonyl (C=O) groups is 1. The molecule has 1 aromatic rings. The minimum absolute atomic E-state index is 0.0279. The molecule has 1 atom stereocenters. The van der Waals surface area contributed by atoms with E-state index in [4.69, 9.17) is 4.74 Å². The van der Waals surface area contributed by atoms with E-state index in [1.807, 2.05) is 0 Å². The zero-order chi connectivity index (χ0) is 12.1. The highest BCUT2D eigenvalue weighted by atomic mass is 16.5. The Morgan fingerprint density at radius 3 is 3.18 bits per heavy atom. The first-order valence-corrected chi connectivity index (χ1v) is 5.70. The normalized spacial score (nSPS) is 20.3. The fourth-order valence-corrected chi connectivity index (χ4v) is 1.79. The largest absolute Gasteiger partial charge is 0.481 e. The summed E-state index contributed by atoms with van der Waals surface area (Å²) in [5, 5.41) is 5.97. The van der Waals surface area contributed by atoms with E-state index in [-0.39, 0.29) is 11.9 Å². The van der Waals surface area contributed by atoms with Crippen molar-refractivity contribution < 1.29 is 9.53 Å². The Kier molecular flexibility index (Phi) is 3.74. The van der Waals surface area contributed by atoms with Gasteiger partial charge in [-0.15, -0.1) is 0 Å².